The highest BCUT2D eigenvalue weighted by molar-refractivity contribution is 7.90. The van der Waals surface area contributed by atoms with E-state index in [1.807, 2.05) is 0 Å². The van der Waals surface area contributed by atoms with Gasteiger partial charge in [0.15, 0.2) is 0 Å². The van der Waals surface area contributed by atoms with Gasteiger partial charge in [0.1, 0.15) is 15.4 Å². The van der Waals surface area contributed by atoms with Crippen molar-refractivity contribution in [3.63, 3.8) is 0 Å². The highest BCUT2D eigenvalue weighted by atomic mass is 32.2. The summed E-state index contributed by atoms with van der Waals surface area (Å²) in [5.41, 5.74) is 5.09. The molecule has 1 aromatic carbocycles. The van der Waals surface area contributed by atoms with Crippen molar-refractivity contribution in [1.82, 2.24) is 5.32 Å². The van der Waals surface area contributed by atoms with Gasteiger partial charge in [0.05, 0.1) is 10.7 Å². The molecule has 0 aliphatic rings. The molecule has 0 unspecified atom stereocenters. The maximum Gasteiger partial charge on any atom is 0.282 e. The van der Waals surface area contributed by atoms with Gasteiger partial charge in [-0.2, -0.15) is 0 Å². The van der Waals surface area contributed by atoms with Crippen molar-refractivity contribution >= 4 is 27.1 Å². The number of nitrogen functional groups attached to an aromatic ring is 1. The number of hydrogen-bond acceptors (Lipinski definition) is 6. The molecule has 0 fully saturated rings. The molecule has 0 radical (unpaired) electrons. The molecule has 8 nitrogen and oxygen atoms in total. The highest BCUT2D eigenvalue weighted by Crippen LogP contribution is 2.20. The van der Waals surface area contributed by atoms with Crippen LogP contribution in [0.3, 0.4) is 0 Å². The van der Waals surface area contributed by atoms with Gasteiger partial charge >= 0.3 is 0 Å². The number of rotatable bonds is 5. The Bertz CT molecular complexity index is 612. The van der Waals surface area contributed by atoms with Gasteiger partial charge in [0.2, 0.25) is 0 Å². The van der Waals surface area contributed by atoms with E-state index in [2.05, 4.69) is 5.32 Å². The van der Waals surface area contributed by atoms with E-state index in [-0.39, 0.29) is 29.2 Å². The fraction of sp³-hybridized carbons (Fsp3) is 0.300. The third-order valence-electron chi connectivity index (χ3n) is 2.22. The third-order valence-corrected chi connectivity index (χ3v) is 3.17. The van der Waals surface area contributed by atoms with E-state index in [4.69, 9.17) is 5.73 Å². The zero-order chi connectivity index (χ0) is 14.6. The van der Waals surface area contributed by atoms with E-state index in [1.165, 1.54) is 12.1 Å². The predicted molar refractivity (Wildman–Crippen MR) is 69.6 cm³/mol. The molecule has 0 saturated carbocycles. The molecule has 3 N–H and O–H groups in total. The average Bonchev–Trinajstić information content (AvgIpc) is 2.26. The number of benzene rings is 1. The summed E-state index contributed by atoms with van der Waals surface area (Å²) < 4.78 is 21.8. The molecular formula is C10H13N3O5S. The second-order valence-corrected chi connectivity index (χ2v) is 6.18. The summed E-state index contributed by atoms with van der Waals surface area (Å²) in [5, 5.41) is 13.1. The van der Waals surface area contributed by atoms with Crippen molar-refractivity contribution in [2.45, 2.75) is 0 Å². The zero-order valence-corrected chi connectivity index (χ0v) is 10.9. The van der Waals surface area contributed by atoms with E-state index < -0.39 is 20.7 Å². The van der Waals surface area contributed by atoms with Gasteiger partial charge in [-0.3, -0.25) is 14.9 Å². The third kappa shape index (κ3) is 4.54. The standard InChI is InChI=1S/C10H13N3O5S/c1-19(17,18)5-4-12-10(14)8-6-7(11)2-3-9(8)13(15)16/h2-3,6H,4-5,11H2,1H3,(H,12,14). The second kappa shape index (κ2) is 5.65. The number of carbonyl (C=O) groups excluding carboxylic acids is 1. The van der Waals surface area contributed by atoms with E-state index >= 15 is 0 Å². The minimum atomic E-state index is -3.21. The van der Waals surface area contributed by atoms with Crippen LogP contribution in [-0.4, -0.2) is 37.8 Å². The van der Waals surface area contributed by atoms with Gasteiger partial charge in [-0.05, 0) is 12.1 Å². The Labute approximate surface area is 109 Å². The molecule has 1 aromatic rings. The first-order valence-electron chi connectivity index (χ1n) is 5.20. The number of nitrogens with two attached hydrogens (primary N) is 1. The summed E-state index contributed by atoms with van der Waals surface area (Å²) in [6.07, 6.45) is 1.03. The number of anilines is 1. The average molecular weight is 287 g/mol. The van der Waals surface area contributed by atoms with Crippen LogP contribution >= 0.6 is 0 Å². The first-order valence-corrected chi connectivity index (χ1v) is 7.26. The largest absolute Gasteiger partial charge is 0.399 e. The highest BCUT2D eigenvalue weighted by Gasteiger charge is 2.20. The minimum Gasteiger partial charge on any atom is -0.399 e. The fourth-order valence-corrected chi connectivity index (χ4v) is 1.81. The number of amides is 1. The maximum absolute atomic E-state index is 11.7. The van der Waals surface area contributed by atoms with Gasteiger partial charge < -0.3 is 11.1 Å². The monoisotopic (exact) mass is 287 g/mol. The lowest BCUT2D eigenvalue weighted by molar-refractivity contribution is -0.385. The Morgan fingerprint density at radius 2 is 2.11 bits per heavy atom. The Balaban J connectivity index is 2.87. The predicted octanol–water partition coefficient (Wildman–Crippen LogP) is -0.0486. The summed E-state index contributed by atoms with van der Waals surface area (Å²) in [4.78, 5) is 21.8. The van der Waals surface area contributed by atoms with Crippen LogP contribution in [0.1, 0.15) is 10.4 Å². The van der Waals surface area contributed by atoms with Gasteiger partial charge in [-0.1, -0.05) is 0 Å². The lowest BCUT2D eigenvalue weighted by Gasteiger charge is -2.06. The molecule has 0 aromatic heterocycles. The van der Waals surface area contributed by atoms with Crippen molar-refractivity contribution in [1.29, 1.82) is 0 Å². The van der Waals surface area contributed by atoms with E-state index in [0.717, 1.165) is 12.3 Å². The molecule has 9 heteroatoms. The Kier molecular flexibility index (Phi) is 4.43. The maximum atomic E-state index is 11.7. The van der Waals surface area contributed by atoms with Crippen molar-refractivity contribution in [3.05, 3.63) is 33.9 Å². The van der Waals surface area contributed by atoms with E-state index in [0.29, 0.717) is 0 Å². The van der Waals surface area contributed by atoms with Crippen LogP contribution in [0, 0.1) is 10.1 Å². The number of nitro benzene ring substituents is 1. The van der Waals surface area contributed by atoms with Crippen LogP contribution in [0.5, 0.6) is 0 Å². The van der Waals surface area contributed by atoms with Crippen LogP contribution in [0.15, 0.2) is 18.2 Å². The number of nitrogens with one attached hydrogen (secondary N) is 1. The second-order valence-electron chi connectivity index (χ2n) is 3.92. The van der Waals surface area contributed by atoms with Gasteiger partial charge in [-0.25, -0.2) is 8.42 Å². The van der Waals surface area contributed by atoms with Gasteiger partial charge in [0.25, 0.3) is 11.6 Å². The molecule has 0 atom stereocenters. The number of carbonyl (C=O) groups is 1. The quantitative estimate of drug-likeness (QED) is 0.443. The molecule has 104 valence electrons. The number of nitrogens with zero attached hydrogens (tertiary/aromatic N) is 1. The summed E-state index contributed by atoms with van der Waals surface area (Å²) in [7, 11) is -3.21. The molecule has 0 heterocycles. The van der Waals surface area contributed by atoms with Crippen LogP contribution in [0.4, 0.5) is 11.4 Å². The van der Waals surface area contributed by atoms with Crippen molar-refractivity contribution < 1.29 is 18.1 Å². The molecule has 19 heavy (non-hydrogen) atoms. The number of hydrogen-bond donors (Lipinski definition) is 2. The molecule has 0 saturated heterocycles. The zero-order valence-electron chi connectivity index (χ0n) is 10.1. The topological polar surface area (TPSA) is 132 Å². The SMILES string of the molecule is CS(=O)(=O)CCNC(=O)c1cc(N)ccc1[N+](=O)[O-]. The lowest BCUT2D eigenvalue weighted by atomic mass is 10.1. The fourth-order valence-electron chi connectivity index (χ4n) is 1.34. The number of sulfone groups is 1. The summed E-state index contributed by atoms with van der Waals surface area (Å²) in [6.45, 7) is -0.121. The van der Waals surface area contributed by atoms with E-state index in [9.17, 15) is 23.3 Å². The molecule has 0 aliphatic heterocycles. The van der Waals surface area contributed by atoms with E-state index in [1.54, 1.807) is 0 Å². The van der Waals surface area contributed by atoms with Crippen LogP contribution in [0.25, 0.3) is 0 Å². The van der Waals surface area contributed by atoms with Gasteiger partial charge in [0, 0.05) is 24.6 Å². The summed E-state index contributed by atoms with van der Waals surface area (Å²) in [5.74, 6) is -0.975. The number of nitro groups is 1. The first kappa shape index (κ1) is 14.9. The summed E-state index contributed by atoms with van der Waals surface area (Å²) >= 11 is 0. The molecule has 1 rings (SSSR count). The first-order chi connectivity index (χ1) is 8.70. The molecule has 0 bridgehead atoms. The van der Waals surface area contributed by atoms with Crippen molar-refractivity contribution in [2.75, 3.05) is 24.3 Å². The molecule has 0 aliphatic carbocycles. The summed E-state index contributed by atoms with van der Waals surface area (Å²) in [6, 6.07) is 3.61. The van der Waals surface area contributed by atoms with Crippen LogP contribution < -0.4 is 11.1 Å². The molecule has 1 amide bonds. The molecular weight excluding hydrogens is 274 g/mol. The Hall–Kier alpha value is -2.16. The van der Waals surface area contributed by atoms with Crippen molar-refractivity contribution in [2.24, 2.45) is 0 Å². The van der Waals surface area contributed by atoms with Crippen LogP contribution in [-0.2, 0) is 9.84 Å². The minimum absolute atomic E-state index is 0.121. The lowest BCUT2D eigenvalue weighted by Crippen LogP contribution is -2.29. The normalized spacial score (nSPS) is 11.0. The van der Waals surface area contributed by atoms with Crippen LogP contribution in [0.2, 0.25) is 0 Å². The Morgan fingerprint density at radius 1 is 1.47 bits per heavy atom. The van der Waals surface area contributed by atoms with Crippen molar-refractivity contribution in [3.8, 4) is 0 Å². The van der Waals surface area contributed by atoms with Gasteiger partial charge in [-0.15, -0.1) is 0 Å². The smallest absolute Gasteiger partial charge is 0.282 e. The molecule has 0 spiro atoms. The Morgan fingerprint density at radius 3 is 2.63 bits per heavy atom.